The van der Waals surface area contributed by atoms with Crippen LogP contribution in [-0.2, 0) is 27.3 Å². The predicted molar refractivity (Wildman–Crippen MR) is 120 cm³/mol. The van der Waals surface area contributed by atoms with Gasteiger partial charge in [0.05, 0.1) is 17.5 Å². The number of carbonyl (C=O) groups is 2. The number of anilines is 1. The van der Waals surface area contributed by atoms with Gasteiger partial charge in [-0.15, -0.1) is 0 Å². The van der Waals surface area contributed by atoms with Crippen LogP contribution in [0.1, 0.15) is 37.4 Å². The third-order valence-electron chi connectivity index (χ3n) is 4.89. The van der Waals surface area contributed by atoms with Gasteiger partial charge in [0.25, 0.3) is 11.5 Å². The normalized spacial score (nSPS) is 10.8. The zero-order valence-corrected chi connectivity index (χ0v) is 17.9. The van der Waals surface area contributed by atoms with Gasteiger partial charge >= 0.3 is 5.97 Å². The number of esters is 1. The molecule has 0 unspecified atom stereocenters. The van der Waals surface area contributed by atoms with Gasteiger partial charge in [0.2, 0.25) is 0 Å². The van der Waals surface area contributed by atoms with Gasteiger partial charge in [-0.3, -0.25) is 14.4 Å². The van der Waals surface area contributed by atoms with Crippen LogP contribution in [0.5, 0.6) is 0 Å². The van der Waals surface area contributed by atoms with Crippen LogP contribution in [-0.4, -0.2) is 28.0 Å². The molecule has 0 aliphatic rings. The lowest BCUT2D eigenvalue weighted by Gasteiger charge is -2.12. The summed E-state index contributed by atoms with van der Waals surface area (Å²) in [6.45, 7) is 4.22. The standard InChI is InChI=1S/C24H27N3O4/c1-3-4-14-27-21-11-6-5-10-19(21)26-20(24(27)30)12-13-23(29)31-16-22(28)25-18-9-7-8-17(2)15-18/h5-11,15H,3-4,12-14,16H2,1-2H3,(H,25,28). The molecule has 0 aliphatic heterocycles. The SMILES string of the molecule is CCCCn1c(=O)c(CCC(=O)OCC(=O)Nc2cccc(C)c2)nc2ccccc21. The van der Waals surface area contributed by atoms with Crippen molar-refractivity contribution in [2.75, 3.05) is 11.9 Å². The third kappa shape index (κ3) is 6.01. The number of hydrogen-bond donors (Lipinski definition) is 1. The number of carbonyl (C=O) groups excluding carboxylic acids is 2. The van der Waals surface area contributed by atoms with E-state index < -0.39 is 11.9 Å². The summed E-state index contributed by atoms with van der Waals surface area (Å²) in [5.74, 6) is -0.960. The number of ether oxygens (including phenoxy) is 1. The monoisotopic (exact) mass is 421 g/mol. The zero-order chi connectivity index (χ0) is 22.2. The highest BCUT2D eigenvalue weighted by Gasteiger charge is 2.14. The molecular weight excluding hydrogens is 394 g/mol. The lowest BCUT2D eigenvalue weighted by molar-refractivity contribution is -0.147. The summed E-state index contributed by atoms with van der Waals surface area (Å²) in [5.41, 5.74) is 3.32. The number of nitrogens with zero attached hydrogens (tertiary/aromatic N) is 2. The number of nitrogens with one attached hydrogen (secondary N) is 1. The highest BCUT2D eigenvalue weighted by Crippen LogP contribution is 2.12. The van der Waals surface area contributed by atoms with Crippen LogP contribution < -0.4 is 10.9 Å². The Hall–Kier alpha value is -3.48. The largest absolute Gasteiger partial charge is 0.456 e. The summed E-state index contributed by atoms with van der Waals surface area (Å²) in [4.78, 5) is 41.5. The van der Waals surface area contributed by atoms with Gasteiger partial charge in [-0.1, -0.05) is 37.6 Å². The Balaban J connectivity index is 1.60. The molecule has 1 heterocycles. The second-order valence-electron chi connectivity index (χ2n) is 7.44. The van der Waals surface area contributed by atoms with E-state index in [4.69, 9.17) is 4.74 Å². The fraction of sp³-hybridized carbons (Fsp3) is 0.333. The van der Waals surface area contributed by atoms with E-state index in [0.29, 0.717) is 17.9 Å². The maximum Gasteiger partial charge on any atom is 0.306 e. The first-order valence-corrected chi connectivity index (χ1v) is 10.5. The van der Waals surface area contributed by atoms with E-state index in [9.17, 15) is 14.4 Å². The van der Waals surface area contributed by atoms with Crippen molar-refractivity contribution >= 4 is 28.6 Å². The Morgan fingerprint density at radius 3 is 2.71 bits per heavy atom. The first kappa shape index (κ1) is 22.2. The fourth-order valence-corrected chi connectivity index (χ4v) is 3.30. The van der Waals surface area contributed by atoms with E-state index in [2.05, 4.69) is 17.2 Å². The van der Waals surface area contributed by atoms with Crippen molar-refractivity contribution in [3.63, 3.8) is 0 Å². The third-order valence-corrected chi connectivity index (χ3v) is 4.89. The van der Waals surface area contributed by atoms with E-state index in [1.54, 1.807) is 10.6 Å². The highest BCUT2D eigenvalue weighted by molar-refractivity contribution is 5.92. The highest BCUT2D eigenvalue weighted by atomic mass is 16.5. The molecular formula is C24H27N3O4. The Kier molecular flexibility index (Phi) is 7.54. The fourth-order valence-electron chi connectivity index (χ4n) is 3.30. The molecule has 0 aliphatic carbocycles. The van der Waals surface area contributed by atoms with E-state index >= 15 is 0 Å². The molecule has 7 heteroatoms. The molecule has 2 aromatic carbocycles. The van der Waals surface area contributed by atoms with Crippen LogP contribution in [0.4, 0.5) is 5.69 Å². The maximum atomic E-state index is 12.9. The van der Waals surface area contributed by atoms with Crippen LogP contribution in [0.2, 0.25) is 0 Å². The summed E-state index contributed by atoms with van der Waals surface area (Å²) in [5, 5.41) is 2.69. The molecule has 0 bridgehead atoms. The van der Waals surface area contributed by atoms with Crippen LogP contribution in [0, 0.1) is 6.92 Å². The maximum absolute atomic E-state index is 12.9. The summed E-state index contributed by atoms with van der Waals surface area (Å²) in [6.07, 6.45) is 1.99. The van der Waals surface area contributed by atoms with Crippen molar-refractivity contribution in [1.82, 2.24) is 9.55 Å². The van der Waals surface area contributed by atoms with Gasteiger partial charge in [0.15, 0.2) is 6.61 Å². The van der Waals surface area contributed by atoms with Gasteiger partial charge in [0, 0.05) is 18.7 Å². The number of aryl methyl sites for hydroxylation is 3. The van der Waals surface area contributed by atoms with Crippen LogP contribution in [0.15, 0.2) is 53.3 Å². The quantitative estimate of drug-likeness (QED) is 0.533. The lowest BCUT2D eigenvalue weighted by atomic mass is 10.2. The van der Waals surface area contributed by atoms with Gasteiger partial charge < -0.3 is 14.6 Å². The molecule has 0 saturated heterocycles. The summed E-state index contributed by atoms with van der Waals surface area (Å²) < 4.78 is 6.79. The number of unbranched alkanes of at least 4 members (excludes halogenated alkanes) is 1. The van der Waals surface area contributed by atoms with Crippen molar-refractivity contribution in [2.24, 2.45) is 0 Å². The van der Waals surface area contributed by atoms with Gasteiger partial charge in [0.1, 0.15) is 5.69 Å². The van der Waals surface area contributed by atoms with Crippen LogP contribution in [0.3, 0.4) is 0 Å². The van der Waals surface area contributed by atoms with Crippen LogP contribution in [0.25, 0.3) is 11.0 Å². The molecule has 1 amide bonds. The second kappa shape index (κ2) is 10.5. The number of benzene rings is 2. The Labute approximate surface area is 181 Å². The summed E-state index contributed by atoms with van der Waals surface area (Å²) >= 11 is 0. The van der Waals surface area contributed by atoms with Crippen molar-refractivity contribution in [3.05, 3.63) is 70.1 Å². The molecule has 3 rings (SSSR count). The minimum atomic E-state index is -0.547. The smallest absolute Gasteiger partial charge is 0.306 e. The Morgan fingerprint density at radius 1 is 1.13 bits per heavy atom. The zero-order valence-electron chi connectivity index (χ0n) is 17.9. The van der Waals surface area contributed by atoms with Crippen molar-refractivity contribution < 1.29 is 14.3 Å². The average Bonchev–Trinajstić information content (AvgIpc) is 2.76. The van der Waals surface area contributed by atoms with E-state index in [0.717, 1.165) is 29.4 Å². The summed E-state index contributed by atoms with van der Waals surface area (Å²) in [7, 11) is 0. The molecule has 0 saturated carbocycles. The van der Waals surface area contributed by atoms with Crippen LogP contribution >= 0.6 is 0 Å². The average molecular weight is 421 g/mol. The van der Waals surface area contributed by atoms with Gasteiger partial charge in [-0.05, 0) is 43.2 Å². The number of para-hydroxylation sites is 2. The number of fused-ring (bicyclic) bond motifs is 1. The van der Waals surface area contributed by atoms with E-state index in [1.807, 2.05) is 49.4 Å². The molecule has 0 spiro atoms. The molecule has 3 aromatic rings. The Bertz CT molecular complexity index is 1140. The molecule has 1 N–H and O–H groups in total. The van der Waals surface area contributed by atoms with Gasteiger partial charge in [-0.25, -0.2) is 4.98 Å². The first-order valence-electron chi connectivity index (χ1n) is 10.5. The van der Waals surface area contributed by atoms with E-state index in [1.165, 1.54) is 0 Å². The summed E-state index contributed by atoms with van der Waals surface area (Å²) in [6, 6.07) is 14.8. The molecule has 0 atom stereocenters. The van der Waals surface area contributed by atoms with E-state index in [-0.39, 0.29) is 25.0 Å². The lowest BCUT2D eigenvalue weighted by Crippen LogP contribution is -2.27. The van der Waals surface area contributed by atoms with Crippen molar-refractivity contribution in [1.29, 1.82) is 0 Å². The molecule has 162 valence electrons. The molecule has 0 radical (unpaired) electrons. The minimum Gasteiger partial charge on any atom is -0.456 e. The van der Waals surface area contributed by atoms with Crippen molar-refractivity contribution in [2.45, 2.75) is 46.1 Å². The van der Waals surface area contributed by atoms with Crippen molar-refractivity contribution in [3.8, 4) is 0 Å². The minimum absolute atomic E-state index is 0.0217. The number of rotatable bonds is 9. The Morgan fingerprint density at radius 2 is 1.94 bits per heavy atom. The first-order chi connectivity index (χ1) is 15.0. The number of amides is 1. The molecule has 1 aromatic heterocycles. The second-order valence-corrected chi connectivity index (χ2v) is 7.44. The molecule has 0 fully saturated rings. The van der Waals surface area contributed by atoms with Gasteiger partial charge in [-0.2, -0.15) is 0 Å². The molecule has 7 nitrogen and oxygen atoms in total. The topological polar surface area (TPSA) is 90.3 Å². The predicted octanol–water partition coefficient (Wildman–Crippen LogP) is 3.62. The number of aromatic nitrogens is 2. The number of hydrogen-bond acceptors (Lipinski definition) is 5. The molecule has 31 heavy (non-hydrogen) atoms.